The molecule has 3 nitrogen and oxygen atoms in total. The minimum Gasteiger partial charge on any atom is -0.334 e. The fraction of sp³-hybridized carbons (Fsp3) is 0.462. The van der Waals surface area contributed by atoms with Crippen molar-refractivity contribution in [1.29, 1.82) is 0 Å². The highest BCUT2D eigenvalue weighted by Gasteiger charge is 2.39. The van der Waals surface area contributed by atoms with Gasteiger partial charge in [-0.3, -0.25) is 4.79 Å². The Balaban J connectivity index is 1.80. The molecule has 0 radical (unpaired) electrons. The monoisotopic (exact) mass is 234 g/mol. The zero-order chi connectivity index (χ0) is 11.8. The van der Waals surface area contributed by atoms with Gasteiger partial charge in [0, 0.05) is 31.2 Å². The predicted molar refractivity (Wildman–Crippen MR) is 62.2 cm³/mol. The van der Waals surface area contributed by atoms with E-state index in [0.29, 0.717) is 17.5 Å². The summed E-state index contributed by atoms with van der Waals surface area (Å²) < 4.78 is 12.8. The molecule has 1 N–H and O–H groups in total. The van der Waals surface area contributed by atoms with Crippen LogP contribution < -0.4 is 5.32 Å². The number of carbonyl (C=O) groups excluding carboxylic acids is 1. The summed E-state index contributed by atoms with van der Waals surface area (Å²) in [4.78, 5) is 14.2. The SMILES string of the molecule is O=C(c1ccc(F)cc1)N1CC[C@H]2CNC[C@H]21. The number of hydrogen-bond donors (Lipinski definition) is 1. The summed E-state index contributed by atoms with van der Waals surface area (Å²) in [7, 11) is 0. The average molecular weight is 234 g/mol. The van der Waals surface area contributed by atoms with Crippen LogP contribution in [0.2, 0.25) is 0 Å². The van der Waals surface area contributed by atoms with Crippen LogP contribution in [0.15, 0.2) is 24.3 Å². The van der Waals surface area contributed by atoms with Crippen molar-refractivity contribution in [2.75, 3.05) is 19.6 Å². The summed E-state index contributed by atoms with van der Waals surface area (Å²) in [5, 5.41) is 3.32. The molecule has 1 aromatic rings. The lowest BCUT2D eigenvalue weighted by Gasteiger charge is -2.23. The van der Waals surface area contributed by atoms with Gasteiger partial charge in [0.05, 0.1) is 0 Å². The standard InChI is InChI=1S/C13H15FN2O/c14-11-3-1-9(2-4-11)13(17)16-6-5-10-7-15-8-12(10)16/h1-4,10,12,15H,5-8H2/t10-,12+/m0/s1. The largest absolute Gasteiger partial charge is 0.334 e. The first-order chi connectivity index (χ1) is 8.25. The van der Waals surface area contributed by atoms with Crippen LogP contribution >= 0.6 is 0 Å². The number of amides is 1. The van der Waals surface area contributed by atoms with E-state index in [0.717, 1.165) is 26.1 Å². The van der Waals surface area contributed by atoms with Crippen molar-refractivity contribution in [3.05, 3.63) is 35.6 Å². The number of fused-ring (bicyclic) bond motifs is 1. The van der Waals surface area contributed by atoms with Gasteiger partial charge in [0.2, 0.25) is 0 Å². The lowest BCUT2D eigenvalue weighted by Crippen LogP contribution is -2.39. The van der Waals surface area contributed by atoms with Gasteiger partial charge >= 0.3 is 0 Å². The third-order valence-corrected chi connectivity index (χ3v) is 3.80. The van der Waals surface area contributed by atoms with E-state index in [-0.39, 0.29) is 11.7 Å². The van der Waals surface area contributed by atoms with E-state index in [1.165, 1.54) is 12.1 Å². The Labute approximate surface area is 99.6 Å². The van der Waals surface area contributed by atoms with E-state index in [9.17, 15) is 9.18 Å². The summed E-state index contributed by atoms with van der Waals surface area (Å²) in [6.07, 6.45) is 1.07. The van der Waals surface area contributed by atoms with Gasteiger partial charge in [-0.15, -0.1) is 0 Å². The first kappa shape index (κ1) is 10.7. The summed E-state index contributed by atoms with van der Waals surface area (Å²) in [5.41, 5.74) is 0.582. The number of halogens is 1. The number of nitrogens with one attached hydrogen (secondary N) is 1. The highest BCUT2D eigenvalue weighted by molar-refractivity contribution is 5.94. The van der Waals surface area contributed by atoms with Crippen LogP contribution in [0, 0.1) is 11.7 Å². The van der Waals surface area contributed by atoms with Crippen molar-refractivity contribution < 1.29 is 9.18 Å². The zero-order valence-corrected chi connectivity index (χ0v) is 9.53. The fourth-order valence-corrected chi connectivity index (χ4v) is 2.86. The number of likely N-dealkylation sites (tertiary alicyclic amines) is 1. The Kier molecular flexibility index (Phi) is 2.59. The van der Waals surface area contributed by atoms with E-state index in [4.69, 9.17) is 0 Å². The van der Waals surface area contributed by atoms with Crippen molar-refractivity contribution in [2.45, 2.75) is 12.5 Å². The average Bonchev–Trinajstić information content (AvgIpc) is 2.90. The Morgan fingerprint density at radius 1 is 1.29 bits per heavy atom. The van der Waals surface area contributed by atoms with Crippen LogP contribution in [0.1, 0.15) is 16.8 Å². The van der Waals surface area contributed by atoms with Gasteiger partial charge in [-0.25, -0.2) is 4.39 Å². The molecule has 17 heavy (non-hydrogen) atoms. The zero-order valence-electron chi connectivity index (χ0n) is 9.53. The molecular weight excluding hydrogens is 219 g/mol. The Morgan fingerprint density at radius 2 is 2.06 bits per heavy atom. The second kappa shape index (κ2) is 4.11. The van der Waals surface area contributed by atoms with Gasteiger partial charge in [0.25, 0.3) is 5.91 Å². The van der Waals surface area contributed by atoms with Crippen LogP contribution in [0.25, 0.3) is 0 Å². The molecule has 0 saturated carbocycles. The Hall–Kier alpha value is -1.42. The van der Waals surface area contributed by atoms with E-state index in [2.05, 4.69) is 5.32 Å². The maximum Gasteiger partial charge on any atom is 0.254 e. The highest BCUT2D eigenvalue weighted by Crippen LogP contribution is 2.28. The molecule has 3 rings (SSSR count). The second-order valence-corrected chi connectivity index (χ2v) is 4.78. The minimum atomic E-state index is -0.302. The third-order valence-electron chi connectivity index (χ3n) is 3.80. The van der Waals surface area contributed by atoms with Gasteiger partial charge in [-0.1, -0.05) is 0 Å². The molecule has 2 aliphatic heterocycles. The molecule has 2 atom stereocenters. The van der Waals surface area contributed by atoms with Crippen molar-refractivity contribution in [3.8, 4) is 0 Å². The summed E-state index contributed by atoms with van der Waals surface area (Å²) >= 11 is 0. The summed E-state index contributed by atoms with van der Waals surface area (Å²) in [5.74, 6) is 0.323. The van der Waals surface area contributed by atoms with Crippen molar-refractivity contribution >= 4 is 5.91 Å². The first-order valence-corrected chi connectivity index (χ1v) is 6.03. The van der Waals surface area contributed by atoms with E-state index >= 15 is 0 Å². The number of benzene rings is 1. The summed E-state index contributed by atoms with van der Waals surface area (Å²) in [6.45, 7) is 2.72. The molecule has 1 aromatic carbocycles. The smallest absolute Gasteiger partial charge is 0.254 e. The van der Waals surface area contributed by atoms with Crippen molar-refractivity contribution in [3.63, 3.8) is 0 Å². The molecule has 2 aliphatic rings. The van der Waals surface area contributed by atoms with Gasteiger partial charge in [0.15, 0.2) is 0 Å². The molecule has 0 bridgehead atoms. The number of carbonyl (C=O) groups is 1. The van der Waals surface area contributed by atoms with Gasteiger partial charge < -0.3 is 10.2 Å². The highest BCUT2D eigenvalue weighted by atomic mass is 19.1. The molecule has 0 aromatic heterocycles. The Morgan fingerprint density at radius 3 is 2.82 bits per heavy atom. The molecule has 0 unspecified atom stereocenters. The molecular formula is C13H15FN2O. The minimum absolute atomic E-state index is 0.0289. The summed E-state index contributed by atoms with van der Waals surface area (Å²) in [6, 6.07) is 6.13. The van der Waals surface area contributed by atoms with E-state index in [1.807, 2.05) is 4.90 Å². The van der Waals surface area contributed by atoms with Crippen LogP contribution in [0.4, 0.5) is 4.39 Å². The maximum atomic E-state index is 12.8. The number of nitrogens with zero attached hydrogens (tertiary/aromatic N) is 1. The van der Waals surface area contributed by atoms with E-state index in [1.54, 1.807) is 12.1 Å². The molecule has 90 valence electrons. The normalized spacial score (nSPS) is 27.2. The third kappa shape index (κ3) is 1.82. The molecule has 0 spiro atoms. The van der Waals surface area contributed by atoms with Crippen LogP contribution in [-0.2, 0) is 0 Å². The molecule has 2 fully saturated rings. The van der Waals surface area contributed by atoms with Crippen LogP contribution in [-0.4, -0.2) is 36.5 Å². The molecule has 2 saturated heterocycles. The Bertz CT molecular complexity index is 432. The molecule has 1 amide bonds. The number of hydrogen-bond acceptors (Lipinski definition) is 2. The van der Waals surface area contributed by atoms with Crippen molar-refractivity contribution in [2.24, 2.45) is 5.92 Å². The van der Waals surface area contributed by atoms with Gasteiger partial charge in [-0.05, 0) is 36.6 Å². The first-order valence-electron chi connectivity index (χ1n) is 6.03. The van der Waals surface area contributed by atoms with E-state index < -0.39 is 0 Å². The molecule has 2 heterocycles. The molecule has 0 aliphatic carbocycles. The topological polar surface area (TPSA) is 32.3 Å². The van der Waals surface area contributed by atoms with Gasteiger partial charge in [0.1, 0.15) is 5.82 Å². The lowest BCUT2D eigenvalue weighted by molar-refractivity contribution is 0.0737. The number of rotatable bonds is 1. The van der Waals surface area contributed by atoms with Crippen molar-refractivity contribution in [1.82, 2.24) is 10.2 Å². The second-order valence-electron chi connectivity index (χ2n) is 4.78. The predicted octanol–water partition coefficient (Wildman–Crippen LogP) is 1.26. The molecule has 4 heteroatoms. The maximum absolute atomic E-state index is 12.8. The van der Waals surface area contributed by atoms with Gasteiger partial charge in [-0.2, -0.15) is 0 Å². The fourth-order valence-electron chi connectivity index (χ4n) is 2.86. The lowest BCUT2D eigenvalue weighted by atomic mass is 10.0. The quantitative estimate of drug-likeness (QED) is 0.793. The van der Waals surface area contributed by atoms with Crippen LogP contribution in [0.3, 0.4) is 0 Å². The van der Waals surface area contributed by atoms with Crippen LogP contribution in [0.5, 0.6) is 0 Å².